The Bertz CT molecular complexity index is 1510. The van der Waals surface area contributed by atoms with Gasteiger partial charge in [0.05, 0.1) is 10.7 Å². The highest BCUT2D eigenvalue weighted by Gasteiger charge is 2.25. The molecule has 0 bridgehead atoms. The van der Waals surface area contributed by atoms with Crippen LogP contribution in [0.4, 0.5) is 0 Å². The third-order valence-corrected chi connectivity index (χ3v) is 6.70. The van der Waals surface area contributed by atoms with Crippen molar-refractivity contribution >= 4 is 62.9 Å². The summed E-state index contributed by atoms with van der Waals surface area (Å²) >= 11 is 8.43. The summed E-state index contributed by atoms with van der Waals surface area (Å²) in [5.41, 5.74) is 2.61. The van der Waals surface area contributed by atoms with E-state index >= 15 is 0 Å². The highest BCUT2D eigenvalue weighted by molar-refractivity contribution is 14.1. The van der Waals surface area contributed by atoms with Crippen LogP contribution in [0.1, 0.15) is 16.7 Å². The van der Waals surface area contributed by atoms with Crippen LogP contribution in [0.15, 0.2) is 89.6 Å². The predicted octanol–water partition coefficient (Wildman–Crippen LogP) is 7.03. The number of cyclic esters (lactones) is 1. The fraction of sp³-hybridized carbons (Fsp3) is 0.0714. The zero-order valence-electron chi connectivity index (χ0n) is 18.6. The third-order valence-electron chi connectivity index (χ3n) is 5.53. The van der Waals surface area contributed by atoms with Gasteiger partial charge in [-0.15, -0.1) is 0 Å². The number of carbonyl (C=O) groups is 1. The monoisotopic (exact) mass is 595 g/mol. The Morgan fingerprint density at radius 3 is 2.63 bits per heavy atom. The number of carbonyl (C=O) groups excluding carboxylic acids is 1. The van der Waals surface area contributed by atoms with E-state index in [1.807, 2.05) is 72.8 Å². The number of rotatable bonds is 6. The zero-order valence-corrected chi connectivity index (χ0v) is 21.5. The largest absolute Gasteiger partial charge is 0.493 e. The van der Waals surface area contributed by atoms with Crippen LogP contribution in [-0.4, -0.2) is 19.0 Å². The summed E-state index contributed by atoms with van der Waals surface area (Å²) in [6, 6.07) is 25.0. The number of aliphatic imine (C=N–C) groups is 1. The van der Waals surface area contributed by atoms with Gasteiger partial charge in [0.1, 0.15) is 6.61 Å². The first-order chi connectivity index (χ1) is 17.0. The Kier molecular flexibility index (Phi) is 6.74. The molecule has 0 saturated heterocycles. The van der Waals surface area contributed by atoms with Crippen molar-refractivity contribution in [3.8, 4) is 11.5 Å². The van der Waals surface area contributed by atoms with Gasteiger partial charge in [-0.2, -0.15) is 0 Å². The van der Waals surface area contributed by atoms with Crippen LogP contribution in [0.2, 0.25) is 5.02 Å². The van der Waals surface area contributed by atoms with E-state index in [4.69, 9.17) is 25.8 Å². The minimum atomic E-state index is -0.499. The summed E-state index contributed by atoms with van der Waals surface area (Å²) in [4.78, 5) is 17.1. The maximum absolute atomic E-state index is 12.6. The number of hydrogen-bond acceptors (Lipinski definition) is 5. The second kappa shape index (κ2) is 10.1. The number of esters is 1. The van der Waals surface area contributed by atoms with Gasteiger partial charge < -0.3 is 14.2 Å². The van der Waals surface area contributed by atoms with Crippen molar-refractivity contribution in [3.05, 3.63) is 110 Å². The number of halogens is 2. The van der Waals surface area contributed by atoms with Gasteiger partial charge >= 0.3 is 5.97 Å². The lowest BCUT2D eigenvalue weighted by Crippen LogP contribution is -2.06. The van der Waals surface area contributed by atoms with Gasteiger partial charge in [-0.3, -0.25) is 0 Å². The van der Waals surface area contributed by atoms with Gasteiger partial charge in [-0.05, 0) is 69.3 Å². The van der Waals surface area contributed by atoms with Crippen molar-refractivity contribution in [1.82, 2.24) is 0 Å². The van der Waals surface area contributed by atoms with Crippen LogP contribution in [0.3, 0.4) is 0 Å². The van der Waals surface area contributed by atoms with E-state index < -0.39 is 5.97 Å². The molecule has 174 valence electrons. The number of nitrogens with zero attached hydrogens (tertiary/aromatic N) is 1. The van der Waals surface area contributed by atoms with Crippen molar-refractivity contribution < 1.29 is 19.0 Å². The van der Waals surface area contributed by atoms with Crippen molar-refractivity contribution in [3.63, 3.8) is 0 Å². The summed E-state index contributed by atoms with van der Waals surface area (Å²) < 4.78 is 17.9. The molecule has 1 aliphatic heterocycles. The number of fused-ring (bicyclic) bond motifs is 1. The molecule has 4 aromatic rings. The molecule has 0 N–H and O–H groups in total. The summed E-state index contributed by atoms with van der Waals surface area (Å²) in [7, 11) is 1.57. The van der Waals surface area contributed by atoms with Crippen LogP contribution in [-0.2, 0) is 16.1 Å². The van der Waals surface area contributed by atoms with Crippen LogP contribution in [0, 0.1) is 3.57 Å². The molecule has 0 fully saturated rings. The molecule has 0 aromatic heterocycles. The first-order valence-electron chi connectivity index (χ1n) is 10.8. The second-order valence-electron chi connectivity index (χ2n) is 7.78. The molecule has 0 amide bonds. The summed E-state index contributed by atoms with van der Waals surface area (Å²) in [5.74, 6) is 0.935. The van der Waals surface area contributed by atoms with Crippen LogP contribution in [0.25, 0.3) is 16.8 Å². The zero-order chi connectivity index (χ0) is 24.4. The molecule has 1 aliphatic rings. The Morgan fingerprint density at radius 1 is 1.03 bits per heavy atom. The fourth-order valence-corrected chi connectivity index (χ4v) is 4.79. The SMILES string of the molecule is COc1cc(/C=C2/N=C(c3cccc4ccccc34)OC2=O)cc(I)c1OCc1ccccc1Cl. The normalized spacial score (nSPS) is 14.2. The van der Waals surface area contributed by atoms with Crippen molar-refractivity contribution in [2.75, 3.05) is 7.11 Å². The van der Waals surface area contributed by atoms with E-state index in [0.717, 1.165) is 31.0 Å². The second-order valence-corrected chi connectivity index (χ2v) is 9.35. The van der Waals surface area contributed by atoms with Gasteiger partial charge in [0.2, 0.25) is 5.90 Å². The highest BCUT2D eigenvalue weighted by atomic mass is 127. The van der Waals surface area contributed by atoms with Crippen LogP contribution in [0.5, 0.6) is 11.5 Å². The number of benzene rings is 4. The molecule has 35 heavy (non-hydrogen) atoms. The average Bonchev–Trinajstić information content (AvgIpc) is 3.23. The Balaban J connectivity index is 1.45. The lowest BCUT2D eigenvalue weighted by Gasteiger charge is -2.14. The highest BCUT2D eigenvalue weighted by Crippen LogP contribution is 2.36. The Labute approximate surface area is 221 Å². The smallest absolute Gasteiger partial charge is 0.363 e. The van der Waals surface area contributed by atoms with Crippen molar-refractivity contribution in [2.24, 2.45) is 4.99 Å². The maximum atomic E-state index is 12.6. The van der Waals surface area contributed by atoms with E-state index in [0.29, 0.717) is 29.0 Å². The van der Waals surface area contributed by atoms with Gasteiger partial charge in [0.15, 0.2) is 17.2 Å². The van der Waals surface area contributed by atoms with Gasteiger partial charge in [-0.1, -0.05) is 66.2 Å². The van der Waals surface area contributed by atoms with E-state index in [9.17, 15) is 4.79 Å². The lowest BCUT2D eigenvalue weighted by molar-refractivity contribution is -0.129. The minimum absolute atomic E-state index is 0.218. The average molecular weight is 596 g/mol. The van der Waals surface area contributed by atoms with Gasteiger partial charge in [0, 0.05) is 16.1 Å². The molecule has 0 atom stereocenters. The molecule has 0 radical (unpaired) electrons. The van der Waals surface area contributed by atoms with Crippen molar-refractivity contribution in [2.45, 2.75) is 6.61 Å². The lowest BCUT2D eigenvalue weighted by atomic mass is 10.0. The van der Waals surface area contributed by atoms with Gasteiger partial charge in [0.25, 0.3) is 0 Å². The molecular formula is C28H19ClINO4. The van der Waals surface area contributed by atoms with Crippen molar-refractivity contribution in [1.29, 1.82) is 0 Å². The first kappa shape index (κ1) is 23.4. The molecule has 4 aromatic carbocycles. The first-order valence-corrected chi connectivity index (χ1v) is 12.2. The Hall–Kier alpha value is -3.36. The van der Waals surface area contributed by atoms with Crippen LogP contribution < -0.4 is 9.47 Å². The summed E-state index contributed by atoms with van der Waals surface area (Å²) in [5, 5.41) is 2.66. The molecule has 0 saturated carbocycles. The molecule has 0 unspecified atom stereocenters. The minimum Gasteiger partial charge on any atom is -0.493 e. The standard InChI is InChI=1S/C28H19ClINO4/c1-33-25-15-17(13-23(30)26(25)34-16-19-8-3-5-12-22(19)29)14-24-28(32)35-27(31-24)21-11-6-9-18-7-2-4-10-20(18)21/h2-15H,16H2,1H3/b24-14+. The van der Waals surface area contributed by atoms with E-state index in [1.165, 1.54) is 0 Å². The quantitative estimate of drug-likeness (QED) is 0.136. The maximum Gasteiger partial charge on any atom is 0.363 e. The van der Waals surface area contributed by atoms with E-state index in [1.54, 1.807) is 19.3 Å². The predicted molar refractivity (Wildman–Crippen MR) is 146 cm³/mol. The number of ether oxygens (including phenoxy) is 3. The summed E-state index contributed by atoms with van der Waals surface area (Å²) in [6.45, 7) is 0.303. The molecule has 5 nitrogen and oxygen atoms in total. The molecule has 1 heterocycles. The summed E-state index contributed by atoms with van der Waals surface area (Å²) in [6.07, 6.45) is 1.68. The van der Waals surface area contributed by atoms with Gasteiger partial charge in [-0.25, -0.2) is 9.79 Å². The Morgan fingerprint density at radius 2 is 1.80 bits per heavy atom. The molecule has 0 aliphatic carbocycles. The molecule has 7 heteroatoms. The molecular weight excluding hydrogens is 577 g/mol. The third kappa shape index (κ3) is 4.90. The topological polar surface area (TPSA) is 57.1 Å². The van der Waals surface area contributed by atoms with E-state index in [2.05, 4.69) is 27.6 Å². The number of hydrogen-bond donors (Lipinski definition) is 0. The number of methoxy groups -OCH3 is 1. The van der Waals surface area contributed by atoms with E-state index in [-0.39, 0.29) is 5.70 Å². The fourth-order valence-electron chi connectivity index (χ4n) is 3.82. The van der Waals surface area contributed by atoms with Crippen LogP contribution >= 0.6 is 34.2 Å². The molecule has 5 rings (SSSR count). The molecule has 0 spiro atoms.